The molecule has 0 spiro atoms. The van der Waals surface area contributed by atoms with Gasteiger partial charge in [-0.15, -0.1) is 0 Å². The second kappa shape index (κ2) is 6.24. The molecule has 1 saturated heterocycles. The Morgan fingerprint density at radius 2 is 2.06 bits per heavy atom. The van der Waals surface area contributed by atoms with Gasteiger partial charge in [0.1, 0.15) is 0 Å². The fourth-order valence-electron chi connectivity index (χ4n) is 2.20. The predicted octanol–water partition coefficient (Wildman–Crippen LogP) is 2.33. The van der Waals surface area contributed by atoms with Gasteiger partial charge in [-0.25, -0.2) is 0 Å². The molecule has 0 radical (unpaired) electrons. The molecule has 0 aliphatic carbocycles. The zero-order valence-electron chi connectivity index (χ0n) is 10.7. The van der Waals surface area contributed by atoms with E-state index in [0.717, 1.165) is 45.2 Å². The maximum atomic E-state index is 11.9. The number of rotatable bonds is 4. The van der Waals surface area contributed by atoms with Crippen molar-refractivity contribution in [2.45, 2.75) is 64.4 Å². The average Bonchev–Trinajstić information content (AvgIpc) is 2.39. The summed E-state index contributed by atoms with van der Waals surface area (Å²) in [5.74, 6) is 0.270. The largest absolute Gasteiger partial charge is 0.390 e. The lowest BCUT2D eigenvalue weighted by Gasteiger charge is -2.22. The first kappa shape index (κ1) is 13.5. The number of carbonyl (C=O) groups is 1. The smallest absolute Gasteiger partial charge is 0.222 e. The third kappa shape index (κ3) is 4.52. The third-order valence-electron chi connectivity index (χ3n) is 3.41. The molecule has 0 saturated carbocycles. The summed E-state index contributed by atoms with van der Waals surface area (Å²) >= 11 is 0. The van der Waals surface area contributed by atoms with Crippen molar-refractivity contribution in [1.29, 1.82) is 0 Å². The van der Waals surface area contributed by atoms with Crippen LogP contribution in [0.25, 0.3) is 0 Å². The molecule has 1 unspecified atom stereocenters. The molecular weight excluding hydrogens is 202 g/mol. The van der Waals surface area contributed by atoms with E-state index in [9.17, 15) is 9.90 Å². The summed E-state index contributed by atoms with van der Waals surface area (Å²) in [6.07, 6.45) is 6.42. The summed E-state index contributed by atoms with van der Waals surface area (Å²) in [6, 6.07) is 0. The molecule has 1 aliphatic heterocycles. The topological polar surface area (TPSA) is 40.5 Å². The number of nitrogens with zero attached hydrogens (tertiary/aromatic N) is 1. The maximum Gasteiger partial charge on any atom is 0.222 e. The molecule has 1 rings (SSSR count). The maximum absolute atomic E-state index is 11.9. The summed E-state index contributed by atoms with van der Waals surface area (Å²) in [5.41, 5.74) is -0.571. The van der Waals surface area contributed by atoms with Gasteiger partial charge in [-0.2, -0.15) is 0 Å². The Kier molecular flexibility index (Phi) is 5.26. The second-order valence-electron chi connectivity index (χ2n) is 5.19. The summed E-state index contributed by atoms with van der Waals surface area (Å²) < 4.78 is 0. The van der Waals surface area contributed by atoms with E-state index in [2.05, 4.69) is 6.92 Å². The fraction of sp³-hybridized carbons (Fsp3) is 0.923. The van der Waals surface area contributed by atoms with Crippen molar-refractivity contribution >= 4 is 5.91 Å². The first-order chi connectivity index (χ1) is 7.55. The van der Waals surface area contributed by atoms with Crippen LogP contribution in [0.2, 0.25) is 0 Å². The van der Waals surface area contributed by atoms with Crippen molar-refractivity contribution in [1.82, 2.24) is 4.90 Å². The number of likely N-dealkylation sites (tertiary alicyclic amines) is 1. The van der Waals surface area contributed by atoms with E-state index in [1.54, 1.807) is 0 Å². The van der Waals surface area contributed by atoms with Crippen LogP contribution in [0.5, 0.6) is 0 Å². The van der Waals surface area contributed by atoms with Gasteiger partial charge in [0.05, 0.1) is 5.60 Å². The van der Waals surface area contributed by atoms with Crippen LogP contribution in [0.15, 0.2) is 0 Å². The van der Waals surface area contributed by atoms with Crippen LogP contribution in [-0.2, 0) is 4.79 Å². The summed E-state index contributed by atoms with van der Waals surface area (Å²) in [6.45, 7) is 5.56. The van der Waals surface area contributed by atoms with Crippen molar-refractivity contribution in [3.8, 4) is 0 Å². The molecule has 1 amide bonds. The van der Waals surface area contributed by atoms with Gasteiger partial charge in [-0.05, 0) is 32.6 Å². The average molecular weight is 227 g/mol. The molecule has 0 aromatic rings. The van der Waals surface area contributed by atoms with E-state index in [1.807, 2.05) is 11.8 Å². The van der Waals surface area contributed by atoms with Crippen molar-refractivity contribution in [3.05, 3.63) is 0 Å². The van der Waals surface area contributed by atoms with Gasteiger partial charge < -0.3 is 10.0 Å². The summed E-state index contributed by atoms with van der Waals surface area (Å²) in [7, 11) is 0. The Balaban J connectivity index is 2.33. The lowest BCUT2D eigenvalue weighted by atomic mass is 9.98. The highest BCUT2D eigenvalue weighted by molar-refractivity contribution is 5.76. The molecule has 0 aromatic carbocycles. The predicted molar refractivity (Wildman–Crippen MR) is 65.2 cm³/mol. The Labute approximate surface area is 98.8 Å². The van der Waals surface area contributed by atoms with Gasteiger partial charge in [0, 0.05) is 19.5 Å². The molecule has 1 aliphatic rings. The van der Waals surface area contributed by atoms with Gasteiger partial charge in [-0.1, -0.05) is 19.8 Å². The fourth-order valence-corrected chi connectivity index (χ4v) is 2.20. The van der Waals surface area contributed by atoms with Crippen molar-refractivity contribution in [2.24, 2.45) is 0 Å². The van der Waals surface area contributed by atoms with Gasteiger partial charge in [0.25, 0.3) is 0 Å². The van der Waals surface area contributed by atoms with Crippen LogP contribution in [0.4, 0.5) is 0 Å². The van der Waals surface area contributed by atoms with E-state index in [-0.39, 0.29) is 5.91 Å². The zero-order valence-corrected chi connectivity index (χ0v) is 10.7. The monoisotopic (exact) mass is 227 g/mol. The van der Waals surface area contributed by atoms with E-state index < -0.39 is 5.60 Å². The quantitative estimate of drug-likeness (QED) is 0.749. The van der Waals surface area contributed by atoms with Crippen molar-refractivity contribution < 1.29 is 9.90 Å². The Morgan fingerprint density at radius 1 is 1.31 bits per heavy atom. The van der Waals surface area contributed by atoms with E-state index in [0.29, 0.717) is 12.8 Å². The number of carbonyl (C=O) groups excluding carboxylic acids is 1. The standard InChI is InChI=1S/C13H25NO2/c1-3-4-5-7-12(15)14-10-6-8-13(2,16)9-11-14/h16H,3-11H2,1-2H3. The van der Waals surface area contributed by atoms with Gasteiger partial charge >= 0.3 is 0 Å². The molecule has 3 heteroatoms. The summed E-state index contributed by atoms with van der Waals surface area (Å²) in [4.78, 5) is 13.8. The van der Waals surface area contributed by atoms with Crippen LogP contribution in [0.3, 0.4) is 0 Å². The van der Waals surface area contributed by atoms with Gasteiger partial charge in [0.2, 0.25) is 5.91 Å². The second-order valence-corrected chi connectivity index (χ2v) is 5.19. The Hall–Kier alpha value is -0.570. The number of hydrogen-bond acceptors (Lipinski definition) is 2. The highest BCUT2D eigenvalue weighted by Gasteiger charge is 2.26. The molecule has 0 bridgehead atoms. The molecule has 94 valence electrons. The Bertz CT molecular complexity index is 226. The van der Waals surface area contributed by atoms with E-state index in [1.165, 1.54) is 0 Å². The van der Waals surface area contributed by atoms with Gasteiger partial charge in [-0.3, -0.25) is 4.79 Å². The highest BCUT2D eigenvalue weighted by Crippen LogP contribution is 2.21. The molecular formula is C13H25NO2. The summed E-state index contributed by atoms with van der Waals surface area (Å²) in [5, 5.41) is 9.93. The van der Waals surface area contributed by atoms with Crippen LogP contribution in [0.1, 0.15) is 58.8 Å². The molecule has 3 nitrogen and oxygen atoms in total. The molecule has 1 fully saturated rings. The van der Waals surface area contributed by atoms with Crippen LogP contribution in [-0.4, -0.2) is 34.6 Å². The number of amides is 1. The number of hydrogen-bond donors (Lipinski definition) is 1. The minimum absolute atomic E-state index is 0.270. The number of unbranched alkanes of at least 4 members (excludes halogenated alkanes) is 2. The molecule has 16 heavy (non-hydrogen) atoms. The zero-order chi connectivity index (χ0) is 12.0. The van der Waals surface area contributed by atoms with E-state index >= 15 is 0 Å². The first-order valence-corrected chi connectivity index (χ1v) is 6.55. The highest BCUT2D eigenvalue weighted by atomic mass is 16.3. The third-order valence-corrected chi connectivity index (χ3v) is 3.41. The molecule has 1 atom stereocenters. The van der Waals surface area contributed by atoms with Crippen molar-refractivity contribution in [2.75, 3.05) is 13.1 Å². The normalized spacial score (nSPS) is 26.6. The lowest BCUT2D eigenvalue weighted by molar-refractivity contribution is -0.131. The molecule has 1 heterocycles. The Morgan fingerprint density at radius 3 is 2.75 bits per heavy atom. The first-order valence-electron chi connectivity index (χ1n) is 6.55. The minimum atomic E-state index is -0.571. The van der Waals surface area contributed by atoms with Crippen LogP contribution < -0.4 is 0 Å². The molecule has 0 aromatic heterocycles. The van der Waals surface area contributed by atoms with Crippen LogP contribution in [0, 0.1) is 0 Å². The molecule has 1 N–H and O–H groups in total. The van der Waals surface area contributed by atoms with Crippen LogP contribution >= 0.6 is 0 Å². The van der Waals surface area contributed by atoms with E-state index in [4.69, 9.17) is 0 Å². The van der Waals surface area contributed by atoms with Gasteiger partial charge in [0.15, 0.2) is 0 Å². The number of aliphatic hydroxyl groups is 1. The van der Waals surface area contributed by atoms with Crippen molar-refractivity contribution in [3.63, 3.8) is 0 Å². The SMILES string of the molecule is CCCCCC(=O)N1CCCC(C)(O)CC1. The minimum Gasteiger partial charge on any atom is -0.390 e. The lowest BCUT2D eigenvalue weighted by Crippen LogP contribution is -2.33.